The van der Waals surface area contributed by atoms with Crippen LogP contribution in [0.5, 0.6) is 0 Å². The highest BCUT2D eigenvalue weighted by atomic mass is 15.1. The third-order valence-corrected chi connectivity index (χ3v) is 6.33. The highest BCUT2D eigenvalue weighted by Crippen LogP contribution is 2.40. The standard InChI is InChI=1S/C33H33N3.CH4/c1-4-34-28-19-13-18-27(22-28)29-20-11-12-21-30(29)33-35-31(25-14-7-5-8-15-25)32(36(33)23-24(2)3)26-16-9-6-10-17-26;/h5-22,24,34H,4,23H2,1-3H3;1H4. The van der Waals surface area contributed by atoms with Gasteiger partial charge in [0.2, 0.25) is 0 Å². The molecule has 37 heavy (non-hydrogen) atoms. The van der Waals surface area contributed by atoms with Gasteiger partial charge in [-0.25, -0.2) is 4.98 Å². The van der Waals surface area contributed by atoms with E-state index in [4.69, 9.17) is 4.98 Å². The molecule has 5 aromatic rings. The van der Waals surface area contributed by atoms with Crippen molar-refractivity contribution in [3.8, 4) is 45.0 Å². The summed E-state index contributed by atoms with van der Waals surface area (Å²) in [6, 6.07) is 38.5. The Kier molecular flexibility index (Phi) is 8.25. The zero-order valence-electron chi connectivity index (χ0n) is 21.3. The zero-order chi connectivity index (χ0) is 24.9. The maximum Gasteiger partial charge on any atom is 0.141 e. The number of imidazole rings is 1. The minimum atomic E-state index is 0. The van der Waals surface area contributed by atoms with E-state index in [9.17, 15) is 0 Å². The number of rotatable bonds is 8. The van der Waals surface area contributed by atoms with Crippen molar-refractivity contribution in [2.75, 3.05) is 11.9 Å². The molecule has 0 aliphatic rings. The molecule has 0 radical (unpaired) electrons. The molecule has 0 saturated carbocycles. The van der Waals surface area contributed by atoms with E-state index < -0.39 is 0 Å². The van der Waals surface area contributed by atoms with Crippen molar-refractivity contribution in [3.05, 3.63) is 109 Å². The molecular weight excluding hydrogens is 450 g/mol. The lowest BCUT2D eigenvalue weighted by Gasteiger charge is -2.17. The van der Waals surface area contributed by atoms with Gasteiger partial charge in [-0.3, -0.25) is 0 Å². The average Bonchev–Trinajstić information content (AvgIpc) is 3.28. The van der Waals surface area contributed by atoms with Crippen LogP contribution in [0.4, 0.5) is 5.69 Å². The van der Waals surface area contributed by atoms with Crippen LogP contribution in [0.2, 0.25) is 0 Å². The van der Waals surface area contributed by atoms with Crippen molar-refractivity contribution in [3.63, 3.8) is 0 Å². The van der Waals surface area contributed by atoms with E-state index in [2.05, 4.69) is 140 Å². The molecule has 1 heterocycles. The SMILES string of the molecule is C.CCNc1cccc(-c2ccccc2-c2nc(-c3ccccc3)c(-c3ccccc3)n2CC(C)C)c1. The number of hydrogen-bond acceptors (Lipinski definition) is 2. The van der Waals surface area contributed by atoms with Crippen molar-refractivity contribution in [1.82, 2.24) is 9.55 Å². The van der Waals surface area contributed by atoms with E-state index in [1.807, 2.05) is 0 Å². The van der Waals surface area contributed by atoms with Crippen molar-refractivity contribution >= 4 is 5.69 Å². The molecule has 1 aromatic heterocycles. The second-order valence-corrected chi connectivity index (χ2v) is 9.53. The van der Waals surface area contributed by atoms with Gasteiger partial charge in [0.1, 0.15) is 5.82 Å². The van der Waals surface area contributed by atoms with Gasteiger partial charge in [0.25, 0.3) is 0 Å². The minimum Gasteiger partial charge on any atom is -0.385 e. The van der Waals surface area contributed by atoms with Crippen LogP contribution in [-0.2, 0) is 6.54 Å². The Balaban J connectivity index is 0.00000320. The van der Waals surface area contributed by atoms with Crippen molar-refractivity contribution in [2.24, 2.45) is 5.92 Å². The van der Waals surface area contributed by atoms with Gasteiger partial charge in [-0.15, -0.1) is 0 Å². The minimum absolute atomic E-state index is 0. The summed E-state index contributed by atoms with van der Waals surface area (Å²) in [5.74, 6) is 1.47. The molecule has 5 rings (SSSR count). The fourth-order valence-electron chi connectivity index (χ4n) is 4.82. The number of benzene rings is 4. The summed E-state index contributed by atoms with van der Waals surface area (Å²) in [5.41, 5.74) is 9.15. The first-order valence-electron chi connectivity index (χ1n) is 12.8. The van der Waals surface area contributed by atoms with Crippen LogP contribution in [0.15, 0.2) is 109 Å². The van der Waals surface area contributed by atoms with E-state index in [0.717, 1.165) is 41.4 Å². The third kappa shape index (κ3) is 5.51. The summed E-state index contributed by atoms with van der Waals surface area (Å²) in [6.07, 6.45) is 0. The van der Waals surface area contributed by atoms with Gasteiger partial charge in [0.05, 0.1) is 11.4 Å². The summed E-state index contributed by atoms with van der Waals surface area (Å²) in [4.78, 5) is 5.37. The van der Waals surface area contributed by atoms with Crippen molar-refractivity contribution in [2.45, 2.75) is 34.7 Å². The molecule has 3 nitrogen and oxygen atoms in total. The summed E-state index contributed by atoms with van der Waals surface area (Å²) in [6.45, 7) is 8.44. The fourth-order valence-corrected chi connectivity index (χ4v) is 4.82. The lowest BCUT2D eigenvalue weighted by molar-refractivity contribution is 0.530. The van der Waals surface area contributed by atoms with Crippen LogP contribution in [0.3, 0.4) is 0 Å². The third-order valence-electron chi connectivity index (χ3n) is 6.33. The Morgan fingerprint density at radius 1 is 0.703 bits per heavy atom. The monoisotopic (exact) mass is 487 g/mol. The smallest absolute Gasteiger partial charge is 0.141 e. The molecule has 0 bridgehead atoms. The Labute approximate surface area is 221 Å². The van der Waals surface area contributed by atoms with Gasteiger partial charge >= 0.3 is 0 Å². The molecule has 0 fully saturated rings. The van der Waals surface area contributed by atoms with Crippen LogP contribution in [-0.4, -0.2) is 16.1 Å². The van der Waals surface area contributed by atoms with Gasteiger partial charge in [0.15, 0.2) is 0 Å². The molecule has 0 amide bonds. The van der Waals surface area contributed by atoms with E-state index in [-0.39, 0.29) is 7.43 Å². The number of anilines is 1. The Hall–Kier alpha value is -4.11. The second-order valence-electron chi connectivity index (χ2n) is 9.53. The maximum atomic E-state index is 5.37. The van der Waals surface area contributed by atoms with Crippen LogP contribution in [0.1, 0.15) is 28.2 Å². The molecule has 0 atom stereocenters. The van der Waals surface area contributed by atoms with E-state index in [1.165, 1.54) is 22.4 Å². The van der Waals surface area contributed by atoms with Crippen molar-refractivity contribution in [1.29, 1.82) is 0 Å². The first kappa shape index (κ1) is 26.0. The van der Waals surface area contributed by atoms with E-state index >= 15 is 0 Å². The van der Waals surface area contributed by atoms with Crippen LogP contribution < -0.4 is 5.32 Å². The average molecular weight is 488 g/mol. The molecule has 0 aliphatic carbocycles. The summed E-state index contributed by atoms with van der Waals surface area (Å²) in [5, 5.41) is 3.45. The quantitative estimate of drug-likeness (QED) is 0.236. The van der Waals surface area contributed by atoms with Gasteiger partial charge in [-0.1, -0.05) is 118 Å². The van der Waals surface area contributed by atoms with Gasteiger partial charge in [-0.05, 0) is 36.1 Å². The number of hydrogen-bond donors (Lipinski definition) is 1. The normalized spacial score (nSPS) is 10.8. The zero-order valence-corrected chi connectivity index (χ0v) is 21.3. The molecule has 4 aromatic carbocycles. The Morgan fingerprint density at radius 3 is 1.95 bits per heavy atom. The molecule has 0 aliphatic heterocycles. The predicted molar refractivity (Wildman–Crippen MR) is 160 cm³/mol. The molecule has 0 spiro atoms. The van der Waals surface area contributed by atoms with E-state index in [0.29, 0.717) is 5.92 Å². The van der Waals surface area contributed by atoms with Gasteiger partial charge in [-0.2, -0.15) is 0 Å². The predicted octanol–water partition coefficient (Wildman–Crippen LogP) is 9.28. The highest BCUT2D eigenvalue weighted by Gasteiger charge is 2.23. The summed E-state index contributed by atoms with van der Waals surface area (Å²) >= 11 is 0. The summed E-state index contributed by atoms with van der Waals surface area (Å²) in [7, 11) is 0. The number of nitrogens with zero attached hydrogens (tertiary/aromatic N) is 2. The van der Waals surface area contributed by atoms with Crippen LogP contribution in [0.25, 0.3) is 45.0 Å². The topological polar surface area (TPSA) is 29.9 Å². The van der Waals surface area contributed by atoms with E-state index in [1.54, 1.807) is 0 Å². The van der Waals surface area contributed by atoms with Crippen LogP contribution >= 0.6 is 0 Å². The molecule has 188 valence electrons. The van der Waals surface area contributed by atoms with Crippen molar-refractivity contribution < 1.29 is 0 Å². The van der Waals surface area contributed by atoms with Gasteiger partial charge < -0.3 is 9.88 Å². The molecule has 0 saturated heterocycles. The molecular formula is C34H37N3. The highest BCUT2D eigenvalue weighted by molar-refractivity contribution is 5.87. The maximum absolute atomic E-state index is 5.37. The number of nitrogens with one attached hydrogen (secondary N) is 1. The first-order chi connectivity index (χ1) is 17.7. The van der Waals surface area contributed by atoms with Gasteiger partial charge in [0, 0.05) is 35.5 Å². The fraction of sp³-hybridized carbons (Fsp3) is 0.206. The Morgan fingerprint density at radius 2 is 1.30 bits per heavy atom. The molecule has 1 N–H and O–H groups in total. The second kappa shape index (κ2) is 11.7. The van der Waals surface area contributed by atoms with Crippen LogP contribution in [0, 0.1) is 5.92 Å². The number of aromatic nitrogens is 2. The summed E-state index contributed by atoms with van der Waals surface area (Å²) < 4.78 is 2.43. The Bertz CT molecular complexity index is 1430. The molecule has 3 heteroatoms. The first-order valence-corrected chi connectivity index (χ1v) is 12.8. The molecule has 0 unspecified atom stereocenters. The lowest BCUT2D eigenvalue weighted by atomic mass is 9.98. The lowest BCUT2D eigenvalue weighted by Crippen LogP contribution is -2.08. The largest absolute Gasteiger partial charge is 0.385 e.